The molecule has 1 aromatic heterocycles. The SMILES string of the molecule is CC(Cl)c1nc2ccc(F)cc2c(=O)[nH]1. The van der Waals surface area contributed by atoms with Crippen LogP contribution in [-0.2, 0) is 0 Å². The van der Waals surface area contributed by atoms with E-state index in [-0.39, 0.29) is 16.3 Å². The van der Waals surface area contributed by atoms with E-state index in [1.807, 2.05) is 0 Å². The zero-order valence-corrected chi connectivity index (χ0v) is 8.68. The van der Waals surface area contributed by atoms with Gasteiger partial charge in [-0.05, 0) is 25.1 Å². The summed E-state index contributed by atoms with van der Waals surface area (Å²) in [4.78, 5) is 18.2. The van der Waals surface area contributed by atoms with Crippen LogP contribution in [0.3, 0.4) is 0 Å². The molecule has 78 valence electrons. The Balaban J connectivity index is 2.79. The van der Waals surface area contributed by atoms with E-state index in [1.165, 1.54) is 12.1 Å². The van der Waals surface area contributed by atoms with Crippen LogP contribution in [0.1, 0.15) is 18.1 Å². The third kappa shape index (κ3) is 1.85. The highest BCUT2D eigenvalue weighted by Crippen LogP contribution is 2.16. The number of rotatable bonds is 1. The van der Waals surface area contributed by atoms with Gasteiger partial charge in [0.2, 0.25) is 0 Å². The Kier molecular flexibility index (Phi) is 2.44. The van der Waals surface area contributed by atoms with Gasteiger partial charge in [-0.1, -0.05) is 0 Å². The van der Waals surface area contributed by atoms with Crippen molar-refractivity contribution >= 4 is 22.5 Å². The summed E-state index contributed by atoms with van der Waals surface area (Å²) in [7, 11) is 0. The summed E-state index contributed by atoms with van der Waals surface area (Å²) in [6.45, 7) is 1.70. The van der Waals surface area contributed by atoms with Crippen molar-refractivity contribution in [1.29, 1.82) is 0 Å². The van der Waals surface area contributed by atoms with Crippen molar-refractivity contribution in [1.82, 2.24) is 9.97 Å². The molecule has 1 heterocycles. The monoisotopic (exact) mass is 226 g/mol. The van der Waals surface area contributed by atoms with Crippen LogP contribution in [0.2, 0.25) is 0 Å². The van der Waals surface area contributed by atoms with Crippen molar-refractivity contribution in [3.05, 3.63) is 40.2 Å². The van der Waals surface area contributed by atoms with Gasteiger partial charge in [-0.25, -0.2) is 9.37 Å². The summed E-state index contributed by atoms with van der Waals surface area (Å²) in [5.74, 6) is -0.0674. The second kappa shape index (κ2) is 3.62. The molecule has 0 radical (unpaired) electrons. The molecule has 2 aromatic rings. The highest BCUT2D eigenvalue weighted by Gasteiger charge is 2.08. The van der Waals surface area contributed by atoms with E-state index in [2.05, 4.69) is 9.97 Å². The minimum Gasteiger partial charge on any atom is -0.309 e. The molecule has 15 heavy (non-hydrogen) atoms. The number of hydrogen-bond acceptors (Lipinski definition) is 2. The number of benzene rings is 1. The molecule has 0 aliphatic heterocycles. The van der Waals surface area contributed by atoms with Crippen LogP contribution in [0.5, 0.6) is 0 Å². The molecular weight excluding hydrogens is 219 g/mol. The molecule has 1 aromatic carbocycles. The molecule has 2 rings (SSSR count). The third-order valence-electron chi connectivity index (χ3n) is 2.06. The minimum atomic E-state index is -0.457. The van der Waals surface area contributed by atoms with Crippen LogP contribution < -0.4 is 5.56 Å². The number of hydrogen-bond donors (Lipinski definition) is 1. The van der Waals surface area contributed by atoms with Crippen LogP contribution >= 0.6 is 11.6 Å². The van der Waals surface area contributed by atoms with Crippen LogP contribution in [0.25, 0.3) is 10.9 Å². The number of aromatic amines is 1. The first-order chi connectivity index (χ1) is 7.08. The summed E-state index contributed by atoms with van der Waals surface area (Å²) in [5, 5.41) is -0.150. The molecule has 0 bridgehead atoms. The van der Waals surface area contributed by atoms with Crippen LogP contribution in [0.4, 0.5) is 4.39 Å². The first-order valence-electron chi connectivity index (χ1n) is 4.41. The van der Waals surface area contributed by atoms with Crippen molar-refractivity contribution < 1.29 is 4.39 Å². The van der Waals surface area contributed by atoms with E-state index in [0.29, 0.717) is 11.3 Å². The van der Waals surface area contributed by atoms with Gasteiger partial charge in [0.25, 0.3) is 5.56 Å². The standard InChI is InChI=1S/C10H8ClFN2O/c1-5(11)9-13-8-3-2-6(12)4-7(8)10(15)14-9/h2-5H,1H3,(H,13,14,15). The van der Waals surface area contributed by atoms with Crippen molar-refractivity contribution in [3.8, 4) is 0 Å². The van der Waals surface area contributed by atoms with E-state index < -0.39 is 5.82 Å². The number of fused-ring (bicyclic) bond motifs is 1. The van der Waals surface area contributed by atoms with E-state index >= 15 is 0 Å². The maximum absolute atomic E-state index is 12.9. The van der Waals surface area contributed by atoms with Crippen molar-refractivity contribution in [2.45, 2.75) is 12.3 Å². The lowest BCUT2D eigenvalue weighted by Crippen LogP contribution is -2.12. The van der Waals surface area contributed by atoms with Gasteiger partial charge >= 0.3 is 0 Å². The van der Waals surface area contributed by atoms with Gasteiger partial charge in [0, 0.05) is 0 Å². The zero-order chi connectivity index (χ0) is 11.0. The highest BCUT2D eigenvalue weighted by atomic mass is 35.5. The first kappa shape index (κ1) is 10.1. The smallest absolute Gasteiger partial charge is 0.258 e. The maximum Gasteiger partial charge on any atom is 0.258 e. The third-order valence-corrected chi connectivity index (χ3v) is 2.27. The Morgan fingerprint density at radius 3 is 2.93 bits per heavy atom. The van der Waals surface area contributed by atoms with Gasteiger partial charge in [0.1, 0.15) is 11.6 Å². The van der Waals surface area contributed by atoms with Gasteiger partial charge in [-0.2, -0.15) is 0 Å². The summed E-state index contributed by atoms with van der Waals surface area (Å²) in [5.41, 5.74) is 0.0738. The average molecular weight is 227 g/mol. The topological polar surface area (TPSA) is 45.8 Å². The van der Waals surface area contributed by atoms with Gasteiger partial charge in [-0.3, -0.25) is 4.79 Å². The van der Waals surface area contributed by atoms with E-state index in [4.69, 9.17) is 11.6 Å². The summed E-state index contributed by atoms with van der Waals surface area (Å²) < 4.78 is 12.9. The minimum absolute atomic E-state index is 0.232. The zero-order valence-electron chi connectivity index (χ0n) is 7.92. The molecule has 0 saturated carbocycles. The van der Waals surface area contributed by atoms with E-state index in [0.717, 1.165) is 6.07 Å². The molecule has 1 unspecified atom stereocenters. The predicted octanol–water partition coefficient (Wildman–Crippen LogP) is 2.36. The van der Waals surface area contributed by atoms with Crippen LogP contribution in [0.15, 0.2) is 23.0 Å². The molecule has 1 N–H and O–H groups in total. The number of aromatic nitrogens is 2. The van der Waals surface area contributed by atoms with Crippen LogP contribution in [0, 0.1) is 5.82 Å². The quantitative estimate of drug-likeness (QED) is 0.759. The second-order valence-electron chi connectivity index (χ2n) is 3.23. The Morgan fingerprint density at radius 1 is 1.53 bits per heavy atom. The molecule has 0 saturated heterocycles. The fourth-order valence-corrected chi connectivity index (χ4v) is 1.42. The summed E-state index contributed by atoms with van der Waals surface area (Å²) in [6.07, 6.45) is 0. The van der Waals surface area contributed by atoms with Crippen molar-refractivity contribution in [2.75, 3.05) is 0 Å². The van der Waals surface area contributed by atoms with Gasteiger partial charge < -0.3 is 4.98 Å². The molecule has 1 atom stereocenters. The Labute approximate surface area is 89.9 Å². The number of nitrogens with one attached hydrogen (secondary N) is 1. The van der Waals surface area contributed by atoms with E-state index in [1.54, 1.807) is 6.92 Å². The van der Waals surface area contributed by atoms with Crippen LogP contribution in [-0.4, -0.2) is 9.97 Å². The molecule has 0 aliphatic rings. The lowest BCUT2D eigenvalue weighted by atomic mass is 10.2. The van der Waals surface area contributed by atoms with Crippen molar-refractivity contribution in [2.24, 2.45) is 0 Å². The largest absolute Gasteiger partial charge is 0.309 e. The summed E-state index contributed by atoms with van der Waals surface area (Å²) in [6, 6.07) is 3.88. The second-order valence-corrected chi connectivity index (χ2v) is 3.88. The molecule has 0 fully saturated rings. The molecule has 0 spiro atoms. The van der Waals surface area contributed by atoms with Crippen molar-refractivity contribution in [3.63, 3.8) is 0 Å². The molecule has 5 heteroatoms. The van der Waals surface area contributed by atoms with Gasteiger partial charge in [0.05, 0.1) is 16.3 Å². The fourth-order valence-electron chi connectivity index (χ4n) is 1.32. The average Bonchev–Trinajstić information content (AvgIpc) is 2.18. The summed E-state index contributed by atoms with van der Waals surface area (Å²) >= 11 is 5.80. The van der Waals surface area contributed by atoms with Gasteiger partial charge in [0.15, 0.2) is 0 Å². The molecule has 0 amide bonds. The molecular formula is C10H8ClFN2O. The first-order valence-corrected chi connectivity index (χ1v) is 4.85. The number of alkyl halides is 1. The molecule has 0 aliphatic carbocycles. The lowest BCUT2D eigenvalue weighted by Gasteiger charge is -2.03. The fraction of sp³-hybridized carbons (Fsp3) is 0.200. The maximum atomic E-state index is 12.9. The van der Waals surface area contributed by atoms with Gasteiger partial charge in [-0.15, -0.1) is 11.6 Å². The molecule has 3 nitrogen and oxygen atoms in total. The number of halogens is 2. The Hall–Kier alpha value is -1.42. The Bertz CT molecular complexity index is 565. The highest BCUT2D eigenvalue weighted by molar-refractivity contribution is 6.20. The van der Waals surface area contributed by atoms with E-state index in [9.17, 15) is 9.18 Å². The predicted molar refractivity (Wildman–Crippen MR) is 56.6 cm³/mol. The number of H-pyrrole nitrogens is 1. The lowest BCUT2D eigenvalue weighted by molar-refractivity contribution is 0.629. The normalized spacial score (nSPS) is 13.0. The number of nitrogens with zero attached hydrogens (tertiary/aromatic N) is 1. The Morgan fingerprint density at radius 2 is 2.27 bits per heavy atom.